The maximum absolute atomic E-state index is 8.49. The minimum absolute atomic E-state index is 0.677. The zero-order valence-corrected chi connectivity index (χ0v) is 20.7. The van der Waals surface area contributed by atoms with Crippen LogP contribution in [-0.2, 0) is 0 Å². The van der Waals surface area contributed by atoms with E-state index < -0.39 is 17.5 Å². The molecule has 0 unspecified atom stereocenters. The molecule has 0 fully saturated rings. The van der Waals surface area contributed by atoms with Crippen molar-refractivity contribution in [1.82, 2.24) is 9.78 Å². The van der Waals surface area contributed by atoms with E-state index in [1.54, 1.807) is 0 Å². The second-order valence-electron chi connectivity index (χ2n) is 7.72. The Kier molecular flexibility index (Phi) is 7.82. The molecule has 0 amide bonds. The van der Waals surface area contributed by atoms with Gasteiger partial charge in [0.05, 0.1) is 11.9 Å². The molecular weight excluding hydrogens is 497 g/mol. The van der Waals surface area contributed by atoms with Gasteiger partial charge in [0.15, 0.2) is 11.1 Å². The fourth-order valence-corrected chi connectivity index (χ4v) is 8.45. The van der Waals surface area contributed by atoms with Crippen LogP contribution in [0.1, 0.15) is 0 Å². The van der Waals surface area contributed by atoms with Gasteiger partial charge in [-0.3, -0.25) is 0 Å². The molecule has 0 bridgehead atoms. The lowest BCUT2D eigenvalue weighted by atomic mass is 10.3. The van der Waals surface area contributed by atoms with Gasteiger partial charge >= 0.3 is 0 Å². The molecule has 0 atom stereocenters. The molecule has 36 heavy (non-hydrogen) atoms. The maximum atomic E-state index is 8.49. The van der Waals surface area contributed by atoms with Gasteiger partial charge < -0.3 is 5.73 Å². The van der Waals surface area contributed by atoms with Crippen LogP contribution in [0, 0.1) is 10.2 Å². The molecule has 5 aromatic rings. The number of anilines is 1. The summed E-state index contributed by atoms with van der Waals surface area (Å²) in [5.41, 5.74) is 7.82. The first kappa shape index (κ1) is 25.5. The van der Waals surface area contributed by atoms with Crippen molar-refractivity contribution < 1.29 is 28.9 Å². The van der Waals surface area contributed by atoms with Gasteiger partial charge in [-0.25, -0.2) is 23.3 Å². The number of nitrogens with zero attached hydrogens (tertiary/aromatic N) is 2. The third-order valence-corrected chi connectivity index (χ3v) is 9.86. The predicted molar refractivity (Wildman–Crippen MR) is 133 cm³/mol. The SMILES string of the molecule is Nc1c([P+](c2ccccc2)(c2ccccc2)c2ccccc2)cnn1-c1ccccc1.[O-][Cl+3]([O-])([O-])[O-]. The van der Waals surface area contributed by atoms with E-state index in [0.29, 0.717) is 5.82 Å². The van der Waals surface area contributed by atoms with Gasteiger partial charge in [0, 0.05) is 0 Å². The first-order chi connectivity index (χ1) is 17.3. The number of benzene rings is 4. The Morgan fingerprint density at radius 1 is 0.583 bits per heavy atom. The molecule has 1 aromatic heterocycles. The molecule has 0 aliphatic rings. The molecule has 0 aliphatic carbocycles. The van der Waals surface area contributed by atoms with Crippen molar-refractivity contribution in [2.45, 2.75) is 0 Å². The predicted octanol–water partition coefficient (Wildman–Crippen LogP) is -0.682. The zero-order chi connectivity index (χ0) is 25.6. The van der Waals surface area contributed by atoms with E-state index in [-0.39, 0.29) is 0 Å². The van der Waals surface area contributed by atoms with Gasteiger partial charge in [-0.1, -0.05) is 72.8 Å². The fourth-order valence-electron chi connectivity index (χ4n) is 4.20. The normalized spacial score (nSPS) is 11.4. The van der Waals surface area contributed by atoms with Crippen LogP contribution in [0.25, 0.3) is 5.69 Å². The molecule has 5 rings (SSSR count). The molecule has 182 valence electrons. The highest BCUT2D eigenvalue weighted by Gasteiger charge is 2.50. The van der Waals surface area contributed by atoms with Gasteiger partial charge in [0.2, 0.25) is 0 Å². The number of aromatic nitrogens is 2. The summed E-state index contributed by atoms with van der Waals surface area (Å²) in [5.74, 6) is 0.677. The molecule has 1 heterocycles. The Morgan fingerprint density at radius 3 is 1.28 bits per heavy atom. The Hall–Kier alpha value is -3.55. The summed E-state index contributed by atoms with van der Waals surface area (Å²) in [6.45, 7) is 0. The van der Waals surface area contributed by atoms with E-state index in [1.807, 2.05) is 41.2 Å². The average Bonchev–Trinajstić information content (AvgIpc) is 3.27. The number of halogens is 1. The summed E-state index contributed by atoms with van der Waals surface area (Å²) in [6, 6.07) is 42.2. The summed E-state index contributed by atoms with van der Waals surface area (Å²) >= 11 is 0. The Labute approximate surface area is 211 Å². The maximum Gasteiger partial charge on any atom is 0.171 e. The van der Waals surface area contributed by atoms with Crippen LogP contribution in [0.15, 0.2) is 128 Å². The highest BCUT2D eigenvalue weighted by molar-refractivity contribution is 8.01. The largest absolute Gasteiger partial charge is 0.380 e. The van der Waals surface area contributed by atoms with E-state index in [4.69, 9.17) is 29.5 Å². The monoisotopic (exact) mass is 519 g/mol. The average molecular weight is 520 g/mol. The van der Waals surface area contributed by atoms with E-state index in [2.05, 4.69) is 91.0 Å². The van der Waals surface area contributed by atoms with Gasteiger partial charge in [-0.05, 0) is 48.5 Å². The summed E-state index contributed by atoms with van der Waals surface area (Å²) in [4.78, 5) is 0. The number of nitrogens with two attached hydrogens (primary N) is 1. The van der Waals surface area contributed by atoms with Crippen molar-refractivity contribution in [2.75, 3.05) is 5.73 Å². The van der Waals surface area contributed by atoms with Crippen molar-refractivity contribution in [3.8, 4) is 5.69 Å². The molecule has 4 aromatic carbocycles. The topological polar surface area (TPSA) is 136 Å². The molecular formula is C27H23ClN3O4P. The zero-order valence-electron chi connectivity index (χ0n) is 19.1. The standard InChI is InChI=1S/C27H23N3P.ClHO4/c28-27-26(21-29-30(27)22-13-5-1-6-14-22)31(23-15-7-2-8-16-23,24-17-9-3-10-18-24)25-19-11-4-12-20-25;2-1(3,4)5/h1-21H,28H2;(H,2,3,4,5)/q+1;/p-1. The smallest absolute Gasteiger partial charge is 0.171 e. The van der Waals surface area contributed by atoms with Crippen LogP contribution in [-0.4, -0.2) is 9.78 Å². The van der Waals surface area contributed by atoms with E-state index in [0.717, 1.165) is 11.0 Å². The van der Waals surface area contributed by atoms with Gasteiger partial charge in [0.1, 0.15) is 23.2 Å². The summed E-state index contributed by atoms with van der Waals surface area (Å²) in [6.07, 6.45) is 1.96. The summed E-state index contributed by atoms with van der Waals surface area (Å²) in [5, 5.41) is 9.59. The lowest BCUT2D eigenvalue weighted by molar-refractivity contribution is -2.00. The number of hydrogen-bond acceptors (Lipinski definition) is 6. The van der Waals surface area contributed by atoms with Crippen LogP contribution < -0.4 is 45.6 Å². The van der Waals surface area contributed by atoms with Gasteiger partial charge in [0.25, 0.3) is 0 Å². The number of para-hydroxylation sites is 1. The lowest BCUT2D eigenvalue weighted by Crippen LogP contribution is -2.68. The van der Waals surface area contributed by atoms with Crippen LogP contribution in [0.5, 0.6) is 0 Å². The van der Waals surface area contributed by atoms with Gasteiger partial charge in [-0.2, -0.15) is 5.10 Å². The quantitative estimate of drug-likeness (QED) is 0.305. The molecule has 0 saturated carbocycles. The summed E-state index contributed by atoms with van der Waals surface area (Å²) < 4.78 is 35.8. The van der Waals surface area contributed by atoms with Crippen molar-refractivity contribution in [3.05, 3.63) is 128 Å². The second-order valence-corrected chi connectivity index (χ2v) is 11.8. The number of rotatable bonds is 5. The highest BCUT2D eigenvalue weighted by Crippen LogP contribution is 2.55. The van der Waals surface area contributed by atoms with Crippen LogP contribution in [0.4, 0.5) is 5.82 Å². The van der Waals surface area contributed by atoms with E-state index >= 15 is 0 Å². The molecule has 0 spiro atoms. The van der Waals surface area contributed by atoms with E-state index in [1.165, 1.54) is 15.9 Å². The van der Waals surface area contributed by atoms with Crippen LogP contribution in [0.3, 0.4) is 0 Å². The first-order valence-electron chi connectivity index (χ1n) is 10.9. The number of nitrogen functional groups attached to an aromatic ring is 1. The first-order valence-corrected chi connectivity index (χ1v) is 13.9. The molecule has 0 radical (unpaired) electrons. The Morgan fingerprint density at radius 2 is 0.917 bits per heavy atom. The molecule has 0 aliphatic heterocycles. The minimum atomic E-state index is -4.94. The number of hydrogen-bond donors (Lipinski definition) is 1. The molecule has 7 nitrogen and oxygen atoms in total. The Bertz CT molecular complexity index is 1280. The third-order valence-electron chi connectivity index (χ3n) is 5.58. The minimum Gasteiger partial charge on any atom is -0.380 e. The molecule has 0 saturated heterocycles. The second kappa shape index (κ2) is 11.0. The third kappa shape index (κ3) is 5.48. The van der Waals surface area contributed by atoms with Gasteiger partial charge in [-0.15, -0.1) is 10.2 Å². The Balaban J connectivity index is 0.000000556. The fraction of sp³-hybridized carbons (Fsp3) is 0. The highest BCUT2D eigenvalue weighted by atomic mass is 35.7. The van der Waals surface area contributed by atoms with Crippen molar-refractivity contribution in [2.24, 2.45) is 0 Å². The van der Waals surface area contributed by atoms with Crippen LogP contribution >= 0.6 is 7.26 Å². The van der Waals surface area contributed by atoms with Crippen molar-refractivity contribution in [3.63, 3.8) is 0 Å². The lowest BCUT2D eigenvalue weighted by Gasteiger charge is -2.26. The molecule has 9 heteroatoms. The van der Waals surface area contributed by atoms with E-state index in [9.17, 15) is 0 Å². The van der Waals surface area contributed by atoms with Crippen molar-refractivity contribution >= 4 is 34.3 Å². The molecule has 2 N–H and O–H groups in total. The summed E-state index contributed by atoms with van der Waals surface area (Å²) in [7, 11) is -7.20. The van der Waals surface area contributed by atoms with Crippen LogP contribution in [0.2, 0.25) is 0 Å². The van der Waals surface area contributed by atoms with Crippen molar-refractivity contribution in [1.29, 1.82) is 0 Å².